The summed E-state index contributed by atoms with van der Waals surface area (Å²) in [4.78, 5) is 81.7. The molecule has 37 atom stereocenters. The molecule has 14 bridgehead atoms. The van der Waals surface area contributed by atoms with Gasteiger partial charge in [-0.15, -0.1) is 0 Å². The molecule has 24 aliphatic heterocycles. The van der Waals surface area contributed by atoms with Gasteiger partial charge in [-0.2, -0.15) is 0 Å². The molecule has 52 nitrogen and oxygen atoms in total. The fourth-order valence-electron chi connectivity index (χ4n) is 14.8. The van der Waals surface area contributed by atoms with Crippen molar-refractivity contribution < 1.29 is 279 Å². The standard InChI is InChI=1S/C52H88N2O35.C14H22N2O7.C8H8N2O.C7H13NO2.3Li/c1-16(2)45(75)54-7-6-53-9-18-39-26(62)33(69)46(77-18)76-8-4-3-5-17-19(10-55)78-47(32(68)25(17)61)85-40-20(11-56)80-49(35(71)28(40)64)87-42-22(13-58)82-51(37(73)30(42)66)89-44-24(15-60)83-52(38(74)31(44)67)88-43-23(14-59)81-50(36(72)29(43)65)86-41-21(12-57)79-48(84-39)34(70)27(41)63;1-9(2)13(21)15-6-4-3-5-10(14(22)23)16(7-11(17)18)8-12(19)20;1-2-8(11)10-7-5-3-4-6-9-7;1-5(2)7(10)8-4-6(3)9;;;/h17-44,46-53,55-74H,1,3-15H2,2H3,(H,54,75);10H,1,3-8H2,2H3,(H,15,21)(H,17,18)(H,19,20)(H,22,23);2-6H,1H2,(H,9,10,11);6,9H,1,4H2,2-3H3,(H,8,10);;;/q;;;;3*+1/p-3/t17-,18-,19-,20-,21-,22-,23-,24-,25+,26-,27-,28-,29-,30-,31-,32-,33-,34-,35-,36-,37-,38-,39?,40?,41?,42?,43?,44?,46+,47-,48-,49-,50-,51-,52-;10-;;;;;/m10...../s1. The van der Waals surface area contributed by atoms with Gasteiger partial charge in [0.15, 0.2) is 44.0 Å². The van der Waals surface area contributed by atoms with Crippen LogP contribution in [0.15, 0.2) is 73.5 Å². The van der Waals surface area contributed by atoms with Gasteiger partial charge in [0.25, 0.3) is 0 Å². The van der Waals surface area contributed by atoms with Gasteiger partial charge in [0, 0.05) is 81.3 Å². The molecule has 24 fully saturated rings. The van der Waals surface area contributed by atoms with Crippen LogP contribution in [0, 0.1) is 5.92 Å². The van der Waals surface area contributed by atoms with E-state index in [0.717, 1.165) is 0 Å². The van der Waals surface area contributed by atoms with E-state index in [1.807, 2.05) is 0 Å². The first kappa shape index (κ1) is 125. The van der Waals surface area contributed by atoms with E-state index in [0.29, 0.717) is 34.7 Å². The van der Waals surface area contributed by atoms with E-state index in [-0.39, 0.29) is 145 Å². The van der Waals surface area contributed by atoms with Crippen LogP contribution in [0.3, 0.4) is 0 Å². The quantitative estimate of drug-likeness (QED) is 0.0201. The largest absolute Gasteiger partial charge is 1.00 e. The van der Waals surface area contributed by atoms with Gasteiger partial charge in [-0.25, -0.2) is 4.98 Å². The van der Waals surface area contributed by atoms with E-state index >= 15 is 0 Å². The van der Waals surface area contributed by atoms with Gasteiger partial charge < -0.3 is 230 Å². The fourth-order valence-corrected chi connectivity index (χ4v) is 14.8. The van der Waals surface area contributed by atoms with Gasteiger partial charge in [0.2, 0.25) is 23.6 Å². The third kappa shape index (κ3) is 35.9. The molecule has 24 saturated heterocycles. The Kier molecular flexibility index (Phi) is 56.6. The molecule has 25 rings (SSSR count). The summed E-state index contributed by atoms with van der Waals surface area (Å²) in [5.41, 5.74) is 1.03. The zero-order chi connectivity index (χ0) is 99.1. The second-order valence-electron chi connectivity index (χ2n) is 32.4. The Morgan fingerprint density at radius 3 is 1.12 bits per heavy atom. The van der Waals surface area contributed by atoms with E-state index < -0.39 is 303 Å². The van der Waals surface area contributed by atoms with Gasteiger partial charge in [0.05, 0.1) is 81.9 Å². The summed E-state index contributed by atoms with van der Waals surface area (Å²) in [6.07, 6.45) is -61.0. The number of aromatic nitrogens is 1. The van der Waals surface area contributed by atoms with E-state index in [1.54, 1.807) is 45.2 Å². The average Bonchev–Trinajstić information content (AvgIpc) is 0.769. The Hall–Kier alpha value is -5.29. The molecule has 0 radical (unpaired) electrons. The number of pyridine rings is 1. The Labute approximate surface area is 817 Å². The number of carbonyl (C=O) groups excluding carboxylic acids is 7. The van der Waals surface area contributed by atoms with Gasteiger partial charge in [-0.1, -0.05) is 38.8 Å². The van der Waals surface area contributed by atoms with Crippen molar-refractivity contribution >= 4 is 47.4 Å². The van der Waals surface area contributed by atoms with Gasteiger partial charge in [-0.3, -0.25) is 24.1 Å². The number of aliphatic hydroxyl groups is 21. The van der Waals surface area contributed by atoms with Crippen LogP contribution in [0.1, 0.15) is 66.2 Å². The third-order valence-electron chi connectivity index (χ3n) is 22.1. The molecular weight excluding hydrogens is 1810 g/mol. The normalized spacial score (nSPS) is 36.3. The summed E-state index contributed by atoms with van der Waals surface area (Å²) in [7, 11) is 0. The number of amides is 4. The van der Waals surface area contributed by atoms with Crippen molar-refractivity contribution in [2.24, 2.45) is 5.92 Å². The first-order chi connectivity index (χ1) is 62.9. The zero-order valence-corrected chi connectivity index (χ0v) is 76.3. The SMILES string of the molecule is C=C(C)C(=O)NCC(C)O.C=C(C)C(=O)NCCCC[C@@H](C(=O)[O-])N(CC(=O)[O-])CC(=O)[O-].C=C(C)C(=O)NCCNC[C@H]1O[C@@H]2OCCCC[C@H]3[C@H](O)[C@@H](O)[C@@H](OC4[C@@H](CO)O[C@H](OC5[C@@H](CO)O[C@H](OC6[C@@H](CO)O[C@H](OC7[C@@H](CO)O[C@H](OC8[C@@H](CO)O[C@H](OC1[C@H](O)[C@H]2O)[C@H](O)[C@H]8O)[C@H](O)[C@H]7O)[C@H](O)[C@H]6O)[C@H](O)[C@H]5O)[C@H](O)[C@H]4O)O[C@@H]3CO.C=CC(=O)Nc1ccccn1.[Li+].[Li+].[Li+]. The van der Waals surface area contributed by atoms with Crippen LogP contribution in [-0.2, 0) is 99.9 Å². The molecule has 25 heterocycles. The number of carboxylic acid groups (broad SMARTS) is 3. The molecule has 7 unspecified atom stereocenters. The summed E-state index contributed by atoms with van der Waals surface area (Å²) >= 11 is 0. The minimum atomic E-state index is -2.22. The number of carbonyl (C=O) groups is 7. The minimum Gasteiger partial charge on any atom is -0.549 e. The average molecular weight is 1940 g/mol. The number of unbranched alkanes of at least 4 members (excludes halogenated alkanes) is 1. The van der Waals surface area contributed by atoms with Crippen molar-refractivity contribution in [3.8, 4) is 0 Å². The molecule has 0 spiro atoms. The predicted octanol–water partition coefficient (Wildman–Crippen LogP) is -25.5. The smallest absolute Gasteiger partial charge is 0.549 e. The van der Waals surface area contributed by atoms with Crippen LogP contribution in [0.4, 0.5) is 5.82 Å². The number of aliphatic carboxylic acids is 3. The van der Waals surface area contributed by atoms with E-state index in [1.165, 1.54) is 13.0 Å². The van der Waals surface area contributed by atoms with Crippen molar-refractivity contribution in [3.05, 3.63) is 73.5 Å². The number of ether oxygens (including phenoxy) is 14. The Morgan fingerprint density at radius 1 is 0.449 bits per heavy atom. The summed E-state index contributed by atoms with van der Waals surface area (Å²) in [6.45, 7) is 12.9. The minimum absolute atomic E-state index is 0. The van der Waals surface area contributed by atoms with E-state index in [4.69, 9.17) is 71.4 Å². The zero-order valence-electron chi connectivity index (χ0n) is 76.3. The molecule has 0 saturated carbocycles. The third-order valence-corrected chi connectivity index (χ3v) is 22.1. The number of hydrogen-bond donors (Lipinski definition) is 26. The van der Waals surface area contributed by atoms with Gasteiger partial charge in [0.1, 0.15) is 158 Å². The first-order valence-electron chi connectivity index (χ1n) is 42.6. The fraction of sp³-hybridized carbons (Fsp3) is 0.753. The van der Waals surface area contributed by atoms with Gasteiger partial charge in [-0.05, 0) is 78.0 Å². The predicted molar refractivity (Wildman–Crippen MR) is 435 cm³/mol. The van der Waals surface area contributed by atoms with Crippen molar-refractivity contribution in [2.45, 2.75) is 287 Å². The van der Waals surface area contributed by atoms with Crippen LogP contribution in [0.5, 0.6) is 0 Å². The number of nitrogens with zero attached hydrogens (tertiary/aromatic N) is 2. The molecule has 55 heteroatoms. The van der Waals surface area contributed by atoms with Gasteiger partial charge >= 0.3 is 56.6 Å². The number of fused-ring (bicyclic) bond motifs is 1. The Morgan fingerprint density at radius 2 is 0.787 bits per heavy atom. The summed E-state index contributed by atoms with van der Waals surface area (Å²) in [6, 6.07) is 3.89. The van der Waals surface area contributed by atoms with Crippen molar-refractivity contribution in [1.82, 2.24) is 31.2 Å². The number of hydrogen-bond acceptors (Lipinski definition) is 48. The van der Waals surface area contributed by atoms with Crippen molar-refractivity contribution in [3.63, 3.8) is 0 Å². The molecule has 4 amide bonds. The molecule has 26 N–H and O–H groups in total. The molecule has 0 aromatic carbocycles. The van der Waals surface area contributed by atoms with E-state index in [9.17, 15) is 151 Å². The van der Waals surface area contributed by atoms with Crippen LogP contribution in [-0.4, -0.2) is 472 Å². The molecule has 1 aromatic rings. The number of aliphatic hydroxyl groups excluding tert-OH is 21. The molecule has 1 aromatic heterocycles. The number of anilines is 1. The van der Waals surface area contributed by atoms with Crippen molar-refractivity contribution in [1.29, 1.82) is 0 Å². The maximum atomic E-state index is 12.1. The number of carboxylic acids is 3. The molecular formula is C81H128Li3N7O45. The first-order valence-corrected chi connectivity index (χ1v) is 42.6. The second-order valence-corrected chi connectivity index (χ2v) is 32.4. The van der Waals surface area contributed by atoms with Crippen LogP contribution in [0.2, 0.25) is 0 Å². The monoisotopic (exact) mass is 1940 g/mol. The Bertz CT molecular complexity index is 3780. The molecule has 24 aliphatic rings. The Balaban J connectivity index is 0.000000827. The summed E-state index contributed by atoms with van der Waals surface area (Å²) < 4.78 is 81.4. The van der Waals surface area contributed by atoms with Crippen LogP contribution < -0.4 is 98.5 Å². The van der Waals surface area contributed by atoms with Crippen LogP contribution in [0.25, 0.3) is 0 Å². The van der Waals surface area contributed by atoms with E-state index in [2.05, 4.69) is 57.9 Å². The number of nitrogens with one attached hydrogen (secondary N) is 5. The maximum absolute atomic E-state index is 12.1. The molecule has 0 aliphatic carbocycles. The summed E-state index contributed by atoms with van der Waals surface area (Å²) in [5.74, 6) is -6.45. The van der Waals surface area contributed by atoms with Crippen molar-refractivity contribution in [2.75, 3.05) is 97.4 Å². The summed E-state index contributed by atoms with van der Waals surface area (Å²) in [5, 5.41) is 277. The van der Waals surface area contributed by atoms with Crippen LogP contribution >= 0.6 is 0 Å². The molecule has 760 valence electrons. The second kappa shape index (κ2) is 61.6. The molecule has 136 heavy (non-hydrogen) atoms. The topological polar surface area (TPSA) is 819 Å². The number of rotatable bonds is 29. The maximum Gasteiger partial charge on any atom is 1.00 e.